The van der Waals surface area contributed by atoms with Crippen molar-refractivity contribution in [1.29, 1.82) is 0 Å². The van der Waals surface area contributed by atoms with Gasteiger partial charge in [0.1, 0.15) is 12.4 Å². The Bertz CT molecular complexity index is 1170. The molecule has 8 heteroatoms. The second-order valence-corrected chi connectivity index (χ2v) is 10.7. The van der Waals surface area contributed by atoms with E-state index in [0.717, 1.165) is 0 Å². The third-order valence-electron chi connectivity index (χ3n) is 5.97. The van der Waals surface area contributed by atoms with Crippen molar-refractivity contribution < 1.29 is 27.9 Å². The number of rotatable bonds is 8. The van der Waals surface area contributed by atoms with Crippen molar-refractivity contribution in [3.05, 3.63) is 72.3 Å². The predicted octanol–water partition coefficient (Wildman–Crippen LogP) is 4.01. The maximum Gasteiger partial charge on any atom is 0.335 e. The molecule has 3 rings (SSSR count). The summed E-state index contributed by atoms with van der Waals surface area (Å²) in [6.45, 7) is 9.55. The second kappa shape index (κ2) is 8.43. The molecule has 0 spiro atoms. The van der Waals surface area contributed by atoms with E-state index in [1.54, 1.807) is 30.3 Å². The van der Waals surface area contributed by atoms with E-state index in [0.29, 0.717) is 17.7 Å². The minimum absolute atomic E-state index is 0.0326. The van der Waals surface area contributed by atoms with E-state index < -0.39 is 32.7 Å². The SMILES string of the molecule is C=C[C@@H]1C[C@@]1(C(=O)NS(=O)(=O)c1cccc(COc2cccc(C(=O)O)c2)c1)C(C)(C)C. The number of amides is 1. The zero-order valence-corrected chi connectivity index (χ0v) is 19.1. The van der Waals surface area contributed by atoms with Crippen LogP contribution in [-0.2, 0) is 21.4 Å². The number of nitrogens with one attached hydrogen (secondary N) is 1. The maximum atomic E-state index is 13.0. The Morgan fingerprint density at radius 1 is 1.22 bits per heavy atom. The molecule has 1 aliphatic rings. The van der Waals surface area contributed by atoms with Crippen molar-refractivity contribution >= 4 is 21.9 Å². The summed E-state index contributed by atoms with van der Waals surface area (Å²) in [4.78, 5) is 24.0. The number of carbonyl (C=O) groups excluding carboxylic acids is 1. The van der Waals surface area contributed by atoms with Gasteiger partial charge in [-0.25, -0.2) is 17.9 Å². The van der Waals surface area contributed by atoms with Crippen molar-refractivity contribution in [2.24, 2.45) is 16.7 Å². The van der Waals surface area contributed by atoms with E-state index in [9.17, 15) is 18.0 Å². The highest BCUT2D eigenvalue weighted by atomic mass is 32.2. The van der Waals surface area contributed by atoms with Gasteiger partial charge < -0.3 is 9.84 Å². The first-order chi connectivity index (χ1) is 14.9. The number of allylic oxidation sites excluding steroid dienone is 1. The minimum atomic E-state index is -4.09. The zero-order chi connectivity index (χ0) is 23.7. The van der Waals surface area contributed by atoms with Gasteiger partial charge in [0.05, 0.1) is 15.9 Å². The molecule has 1 fully saturated rings. The summed E-state index contributed by atoms with van der Waals surface area (Å²) in [5.74, 6) is -1.31. The Kier molecular flexibility index (Phi) is 6.20. The van der Waals surface area contributed by atoms with Gasteiger partial charge >= 0.3 is 5.97 Å². The summed E-state index contributed by atoms with van der Waals surface area (Å²) in [6, 6.07) is 12.1. The number of sulfonamides is 1. The Morgan fingerprint density at radius 2 is 1.91 bits per heavy atom. The van der Waals surface area contributed by atoms with E-state index in [-0.39, 0.29) is 23.0 Å². The molecule has 0 unspecified atom stereocenters. The first-order valence-corrected chi connectivity index (χ1v) is 11.6. The summed E-state index contributed by atoms with van der Waals surface area (Å²) in [6.07, 6.45) is 2.26. The average molecular weight is 458 g/mol. The fourth-order valence-corrected chi connectivity index (χ4v) is 5.10. The number of carboxylic acids is 1. The molecule has 0 saturated heterocycles. The van der Waals surface area contributed by atoms with Gasteiger partial charge in [-0.3, -0.25) is 4.79 Å². The highest BCUT2D eigenvalue weighted by Crippen LogP contribution is 2.64. The highest BCUT2D eigenvalue weighted by molar-refractivity contribution is 7.90. The van der Waals surface area contributed by atoms with Crippen LogP contribution in [0.15, 0.2) is 66.1 Å². The molecule has 1 amide bonds. The summed E-state index contributed by atoms with van der Waals surface area (Å²) in [5.41, 5.74) is -0.585. The number of carbonyl (C=O) groups is 2. The number of aromatic carboxylic acids is 1. The molecule has 2 atom stereocenters. The number of ether oxygens (including phenoxy) is 1. The number of hydrogen-bond donors (Lipinski definition) is 2. The predicted molar refractivity (Wildman–Crippen MR) is 120 cm³/mol. The third-order valence-corrected chi connectivity index (χ3v) is 7.29. The fourth-order valence-electron chi connectivity index (χ4n) is 4.00. The smallest absolute Gasteiger partial charge is 0.335 e. The molecule has 2 aromatic carbocycles. The normalized spacial score (nSPS) is 20.3. The molecule has 170 valence electrons. The van der Waals surface area contributed by atoms with Crippen LogP contribution in [0.4, 0.5) is 0 Å². The van der Waals surface area contributed by atoms with Crippen molar-refractivity contribution in [3.63, 3.8) is 0 Å². The van der Waals surface area contributed by atoms with Gasteiger partial charge in [0, 0.05) is 0 Å². The van der Waals surface area contributed by atoms with Crippen LogP contribution in [0.5, 0.6) is 5.75 Å². The van der Waals surface area contributed by atoms with Crippen molar-refractivity contribution in [3.8, 4) is 5.75 Å². The first kappa shape index (κ1) is 23.5. The van der Waals surface area contributed by atoms with Crippen molar-refractivity contribution in [2.45, 2.75) is 38.7 Å². The van der Waals surface area contributed by atoms with Gasteiger partial charge in [-0.05, 0) is 53.6 Å². The molecule has 1 aliphatic carbocycles. The van der Waals surface area contributed by atoms with Crippen LogP contribution in [0.3, 0.4) is 0 Å². The van der Waals surface area contributed by atoms with Gasteiger partial charge in [-0.2, -0.15) is 0 Å². The van der Waals surface area contributed by atoms with Crippen molar-refractivity contribution in [1.82, 2.24) is 4.72 Å². The van der Waals surface area contributed by atoms with Crippen LogP contribution in [0.25, 0.3) is 0 Å². The largest absolute Gasteiger partial charge is 0.489 e. The summed E-state index contributed by atoms with van der Waals surface area (Å²) >= 11 is 0. The third kappa shape index (κ3) is 4.55. The lowest BCUT2D eigenvalue weighted by atomic mass is 9.75. The number of hydrogen-bond acceptors (Lipinski definition) is 5. The molecule has 0 aromatic heterocycles. The quantitative estimate of drug-likeness (QED) is 0.580. The average Bonchev–Trinajstić information content (AvgIpc) is 3.49. The summed E-state index contributed by atoms with van der Waals surface area (Å²) < 4.78 is 33.7. The van der Waals surface area contributed by atoms with E-state index in [4.69, 9.17) is 9.84 Å². The van der Waals surface area contributed by atoms with Crippen LogP contribution in [-0.4, -0.2) is 25.4 Å². The summed E-state index contributed by atoms with van der Waals surface area (Å²) in [5, 5.41) is 9.07. The lowest BCUT2D eigenvalue weighted by molar-refractivity contribution is -0.128. The zero-order valence-electron chi connectivity index (χ0n) is 18.3. The van der Waals surface area contributed by atoms with Gasteiger partial charge in [0.2, 0.25) is 5.91 Å². The lowest BCUT2D eigenvalue weighted by Gasteiger charge is -2.30. The molecular formula is C24H27NO6S. The van der Waals surface area contributed by atoms with Crippen LogP contribution in [0.1, 0.15) is 43.1 Å². The topological polar surface area (TPSA) is 110 Å². The Hall–Kier alpha value is -3.13. The van der Waals surface area contributed by atoms with E-state index in [1.807, 2.05) is 20.8 Å². The number of carboxylic acid groups (broad SMARTS) is 1. The van der Waals surface area contributed by atoms with Gasteiger partial charge in [0.25, 0.3) is 10.0 Å². The van der Waals surface area contributed by atoms with Gasteiger partial charge in [-0.15, -0.1) is 6.58 Å². The van der Waals surface area contributed by atoms with Crippen LogP contribution < -0.4 is 9.46 Å². The first-order valence-electron chi connectivity index (χ1n) is 10.2. The van der Waals surface area contributed by atoms with E-state index in [2.05, 4.69) is 11.3 Å². The van der Waals surface area contributed by atoms with Crippen LogP contribution >= 0.6 is 0 Å². The Morgan fingerprint density at radius 3 is 2.50 bits per heavy atom. The van der Waals surface area contributed by atoms with Crippen LogP contribution in [0, 0.1) is 16.7 Å². The van der Waals surface area contributed by atoms with Crippen LogP contribution in [0.2, 0.25) is 0 Å². The number of benzene rings is 2. The molecule has 1 saturated carbocycles. The molecule has 32 heavy (non-hydrogen) atoms. The molecule has 2 aromatic rings. The molecular weight excluding hydrogens is 430 g/mol. The molecule has 0 radical (unpaired) electrons. The molecule has 0 heterocycles. The van der Waals surface area contributed by atoms with Crippen molar-refractivity contribution in [2.75, 3.05) is 0 Å². The van der Waals surface area contributed by atoms with E-state index in [1.165, 1.54) is 24.3 Å². The monoisotopic (exact) mass is 457 g/mol. The van der Waals surface area contributed by atoms with Gasteiger partial charge in [-0.1, -0.05) is 45.0 Å². The summed E-state index contributed by atoms with van der Waals surface area (Å²) in [7, 11) is -4.09. The molecule has 0 bridgehead atoms. The lowest BCUT2D eigenvalue weighted by Crippen LogP contribution is -2.43. The molecule has 0 aliphatic heterocycles. The van der Waals surface area contributed by atoms with E-state index >= 15 is 0 Å². The molecule has 2 N–H and O–H groups in total. The minimum Gasteiger partial charge on any atom is -0.489 e. The standard InChI is InChI=1S/C24H27NO6S/c1-5-18-14-24(18,23(2,3)4)22(28)25-32(29,30)20-11-6-8-16(12-20)15-31-19-10-7-9-17(13-19)21(26)27/h5-13,18H,1,14-15H2,2-4H3,(H,25,28)(H,26,27)/t18-,24-/m1/s1. The van der Waals surface area contributed by atoms with Gasteiger partial charge in [0.15, 0.2) is 0 Å². The Balaban J connectivity index is 1.75. The Labute approximate surface area is 188 Å². The molecule has 7 nitrogen and oxygen atoms in total. The maximum absolute atomic E-state index is 13.0. The fraction of sp³-hybridized carbons (Fsp3) is 0.333. The highest BCUT2D eigenvalue weighted by Gasteiger charge is 2.65. The second-order valence-electron chi connectivity index (χ2n) is 8.97.